The first-order chi connectivity index (χ1) is 10.7. The van der Waals surface area contributed by atoms with Gasteiger partial charge in [-0.15, -0.1) is 0 Å². The summed E-state index contributed by atoms with van der Waals surface area (Å²) in [6.45, 7) is 1.95. The zero-order valence-electron chi connectivity index (χ0n) is 12.0. The van der Waals surface area contributed by atoms with Crippen LogP contribution in [-0.2, 0) is 4.79 Å². The predicted octanol–water partition coefficient (Wildman–Crippen LogP) is 1.76. The normalized spacial score (nSPS) is 17.0. The topological polar surface area (TPSA) is 72.8 Å². The Balaban J connectivity index is 1.64. The lowest BCUT2D eigenvalue weighted by Crippen LogP contribution is -2.42. The van der Waals surface area contributed by atoms with Gasteiger partial charge in [-0.25, -0.2) is 5.43 Å². The molecule has 1 aliphatic rings. The molecule has 3 rings (SSSR count). The van der Waals surface area contributed by atoms with E-state index in [4.69, 9.17) is 9.47 Å². The summed E-state index contributed by atoms with van der Waals surface area (Å²) in [4.78, 5) is 16.1. The molecule has 6 nitrogen and oxygen atoms in total. The third-order valence-corrected chi connectivity index (χ3v) is 3.21. The molecular formula is C16H15N3O3. The number of fused-ring (bicyclic) bond motifs is 1. The molecule has 0 saturated heterocycles. The number of hydrogen-bond acceptors (Lipinski definition) is 5. The van der Waals surface area contributed by atoms with E-state index in [9.17, 15) is 4.79 Å². The zero-order chi connectivity index (χ0) is 15.4. The van der Waals surface area contributed by atoms with Crippen molar-refractivity contribution < 1.29 is 14.3 Å². The van der Waals surface area contributed by atoms with Crippen molar-refractivity contribution >= 4 is 11.6 Å². The van der Waals surface area contributed by atoms with Crippen molar-refractivity contribution in [3.05, 3.63) is 54.4 Å². The maximum Gasteiger partial charge on any atom is 0.284 e. The van der Waals surface area contributed by atoms with Gasteiger partial charge in [0.25, 0.3) is 5.91 Å². The number of nitrogens with zero attached hydrogens (tertiary/aromatic N) is 2. The maximum atomic E-state index is 12.1. The average molecular weight is 297 g/mol. The van der Waals surface area contributed by atoms with E-state index < -0.39 is 6.10 Å². The van der Waals surface area contributed by atoms with Gasteiger partial charge in [0, 0.05) is 18.0 Å². The molecule has 0 radical (unpaired) electrons. The Labute approximate surface area is 127 Å². The summed E-state index contributed by atoms with van der Waals surface area (Å²) in [5.74, 6) is 0.848. The van der Waals surface area contributed by atoms with Crippen LogP contribution in [0.1, 0.15) is 12.5 Å². The highest BCUT2D eigenvalue weighted by atomic mass is 16.6. The molecule has 2 aromatic rings. The molecule has 0 fully saturated rings. The van der Waals surface area contributed by atoms with E-state index in [-0.39, 0.29) is 12.5 Å². The van der Waals surface area contributed by atoms with Gasteiger partial charge in [0.05, 0.1) is 5.71 Å². The fourth-order valence-corrected chi connectivity index (χ4v) is 2.00. The van der Waals surface area contributed by atoms with Crippen LogP contribution in [0.15, 0.2) is 53.9 Å². The number of rotatable bonds is 3. The van der Waals surface area contributed by atoms with Crippen LogP contribution in [0, 0.1) is 0 Å². The summed E-state index contributed by atoms with van der Waals surface area (Å²) in [7, 11) is 0. The quantitative estimate of drug-likeness (QED) is 0.692. The molecule has 1 aliphatic heterocycles. The van der Waals surface area contributed by atoms with Gasteiger partial charge in [0.15, 0.2) is 11.5 Å². The first-order valence-corrected chi connectivity index (χ1v) is 6.87. The highest BCUT2D eigenvalue weighted by Crippen LogP contribution is 2.30. The fourth-order valence-electron chi connectivity index (χ4n) is 2.00. The smallest absolute Gasteiger partial charge is 0.284 e. The molecule has 0 unspecified atom stereocenters. The summed E-state index contributed by atoms with van der Waals surface area (Å²) in [5.41, 5.74) is 4.00. The molecule has 2 heterocycles. The molecule has 0 aliphatic carbocycles. The van der Waals surface area contributed by atoms with Crippen molar-refractivity contribution in [3.8, 4) is 11.5 Å². The van der Waals surface area contributed by atoms with Crippen LogP contribution in [0.25, 0.3) is 0 Å². The van der Waals surface area contributed by atoms with Gasteiger partial charge >= 0.3 is 0 Å². The standard InChI is InChI=1S/C16H15N3O3/c1-11(12-5-4-8-17-9-12)18-19-16(20)15-10-21-13-6-2-3-7-14(13)22-15/h2-9,15H,10H2,1H3,(H,19,20)/b18-11-/t15-/m1/s1. The molecule has 6 heteroatoms. The van der Waals surface area contributed by atoms with Crippen molar-refractivity contribution in [3.63, 3.8) is 0 Å². The van der Waals surface area contributed by atoms with E-state index in [0.29, 0.717) is 17.2 Å². The van der Waals surface area contributed by atoms with Gasteiger partial charge < -0.3 is 9.47 Å². The molecule has 22 heavy (non-hydrogen) atoms. The lowest BCUT2D eigenvalue weighted by molar-refractivity contribution is -0.130. The van der Waals surface area contributed by atoms with Crippen molar-refractivity contribution in [2.45, 2.75) is 13.0 Å². The van der Waals surface area contributed by atoms with Gasteiger partial charge in [0.1, 0.15) is 6.61 Å². The monoisotopic (exact) mass is 297 g/mol. The Morgan fingerprint density at radius 2 is 2.09 bits per heavy atom. The van der Waals surface area contributed by atoms with Crippen molar-refractivity contribution in [2.24, 2.45) is 5.10 Å². The first-order valence-electron chi connectivity index (χ1n) is 6.87. The number of pyridine rings is 1. The number of amides is 1. The van der Waals surface area contributed by atoms with Gasteiger partial charge in [-0.1, -0.05) is 18.2 Å². The number of nitrogens with one attached hydrogen (secondary N) is 1. The summed E-state index contributed by atoms with van der Waals surface area (Å²) < 4.78 is 11.1. The zero-order valence-corrected chi connectivity index (χ0v) is 12.0. The highest BCUT2D eigenvalue weighted by Gasteiger charge is 2.27. The minimum atomic E-state index is -0.722. The number of hydrazone groups is 1. The molecule has 0 saturated carbocycles. The van der Waals surface area contributed by atoms with Crippen LogP contribution in [0.4, 0.5) is 0 Å². The molecule has 112 valence electrons. The SMILES string of the molecule is C/C(=N/NC(=O)[C@H]1COc2ccccc2O1)c1cccnc1. The maximum absolute atomic E-state index is 12.1. The molecule has 1 aromatic heterocycles. The van der Waals surface area contributed by atoms with E-state index in [1.165, 1.54) is 0 Å². The van der Waals surface area contributed by atoms with Crippen molar-refractivity contribution in [1.29, 1.82) is 0 Å². The van der Waals surface area contributed by atoms with Crippen molar-refractivity contribution in [1.82, 2.24) is 10.4 Å². The van der Waals surface area contributed by atoms with E-state index in [0.717, 1.165) is 5.56 Å². The number of para-hydroxylation sites is 2. The Morgan fingerprint density at radius 1 is 1.27 bits per heavy atom. The van der Waals surface area contributed by atoms with Gasteiger partial charge in [-0.3, -0.25) is 9.78 Å². The second kappa shape index (κ2) is 6.26. The molecule has 0 bridgehead atoms. The van der Waals surface area contributed by atoms with E-state index in [1.54, 1.807) is 31.5 Å². The molecular weight excluding hydrogens is 282 g/mol. The number of carbonyl (C=O) groups is 1. The third kappa shape index (κ3) is 3.06. The average Bonchev–Trinajstić information content (AvgIpc) is 2.59. The second-order valence-corrected chi connectivity index (χ2v) is 4.78. The number of hydrogen-bond donors (Lipinski definition) is 1. The lowest BCUT2D eigenvalue weighted by Gasteiger charge is -2.24. The fraction of sp³-hybridized carbons (Fsp3) is 0.188. The number of carbonyl (C=O) groups excluding carboxylic acids is 1. The largest absolute Gasteiger partial charge is 0.485 e. The van der Waals surface area contributed by atoms with Crippen LogP contribution >= 0.6 is 0 Å². The molecule has 1 amide bonds. The van der Waals surface area contributed by atoms with Crippen molar-refractivity contribution in [2.75, 3.05) is 6.61 Å². The Bertz CT molecular complexity index is 701. The predicted molar refractivity (Wildman–Crippen MR) is 80.9 cm³/mol. The third-order valence-electron chi connectivity index (χ3n) is 3.21. The molecule has 1 atom stereocenters. The lowest BCUT2D eigenvalue weighted by atomic mass is 10.2. The van der Waals surface area contributed by atoms with Crippen LogP contribution in [0.3, 0.4) is 0 Å². The summed E-state index contributed by atoms with van der Waals surface area (Å²) in [5, 5.41) is 4.07. The summed E-state index contributed by atoms with van der Waals surface area (Å²) in [6.07, 6.45) is 2.64. The Morgan fingerprint density at radius 3 is 2.86 bits per heavy atom. The molecule has 0 spiro atoms. The van der Waals surface area contributed by atoms with E-state index >= 15 is 0 Å². The molecule has 1 N–H and O–H groups in total. The van der Waals surface area contributed by atoms with Gasteiger partial charge in [-0.05, 0) is 25.1 Å². The summed E-state index contributed by atoms with van der Waals surface area (Å²) in [6, 6.07) is 10.9. The summed E-state index contributed by atoms with van der Waals surface area (Å²) >= 11 is 0. The number of aromatic nitrogens is 1. The Kier molecular flexibility index (Phi) is 4.00. The minimum absolute atomic E-state index is 0.157. The first kappa shape index (κ1) is 14.1. The van der Waals surface area contributed by atoms with E-state index in [1.807, 2.05) is 24.3 Å². The van der Waals surface area contributed by atoms with Gasteiger partial charge in [-0.2, -0.15) is 5.10 Å². The minimum Gasteiger partial charge on any atom is -0.485 e. The number of ether oxygens (including phenoxy) is 2. The van der Waals surface area contributed by atoms with Crippen LogP contribution in [0.5, 0.6) is 11.5 Å². The Hall–Kier alpha value is -2.89. The number of benzene rings is 1. The molecule has 1 aromatic carbocycles. The highest BCUT2D eigenvalue weighted by molar-refractivity contribution is 5.99. The van der Waals surface area contributed by atoms with Crippen LogP contribution in [0.2, 0.25) is 0 Å². The van der Waals surface area contributed by atoms with Crippen LogP contribution in [-0.4, -0.2) is 29.3 Å². The second-order valence-electron chi connectivity index (χ2n) is 4.78. The van der Waals surface area contributed by atoms with Gasteiger partial charge in [0.2, 0.25) is 6.10 Å². The van der Waals surface area contributed by atoms with Crippen LogP contribution < -0.4 is 14.9 Å². The van der Waals surface area contributed by atoms with E-state index in [2.05, 4.69) is 15.5 Å².